The van der Waals surface area contributed by atoms with Crippen LogP contribution in [-0.2, 0) is 9.53 Å². The Morgan fingerprint density at radius 1 is 1.57 bits per heavy atom. The van der Waals surface area contributed by atoms with Crippen LogP contribution in [0.15, 0.2) is 0 Å². The van der Waals surface area contributed by atoms with E-state index in [4.69, 9.17) is 4.74 Å². The Bertz CT molecular complexity index is 195. The van der Waals surface area contributed by atoms with Crippen LogP contribution in [0.5, 0.6) is 0 Å². The average molecular weight is 200 g/mol. The Balaban J connectivity index is 2.13. The summed E-state index contributed by atoms with van der Waals surface area (Å²) < 4.78 is 5.66. The summed E-state index contributed by atoms with van der Waals surface area (Å²) in [6.45, 7) is 4.92. The third-order valence-corrected chi connectivity index (χ3v) is 2.48. The van der Waals surface area contributed by atoms with Crippen molar-refractivity contribution in [3.8, 4) is 0 Å². The van der Waals surface area contributed by atoms with Crippen LogP contribution in [0, 0.1) is 0 Å². The molecule has 0 radical (unpaired) electrons. The lowest BCUT2D eigenvalue weighted by Crippen LogP contribution is -2.29. The van der Waals surface area contributed by atoms with Crippen molar-refractivity contribution in [2.24, 2.45) is 0 Å². The van der Waals surface area contributed by atoms with Gasteiger partial charge in [-0.1, -0.05) is 0 Å². The van der Waals surface area contributed by atoms with E-state index in [1.807, 2.05) is 19.0 Å². The molecule has 1 aliphatic rings. The SMILES string of the molecule is CC(=O)N1CCC(OCCN(C)C)C1. The molecule has 0 N–H and O–H groups in total. The van der Waals surface area contributed by atoms with Crippen molar-refractivity contribution in [1.82, 2.24) is 9.80 Å². The number of nitrogens with zero attached hydrogens (tertiary/aromatic N) is 2. The van der Waals surface area contributed by atoms with Gasteiger partial charge < -0.3 is 14.5 Å². The van der Waals surface area contributed by atoms with E-state index in [-0.39, 0.29) is 12.0 Å². The molecule has 82 valence electrons. The zero-order valence-electron chi connectivity index (χ0n) is 9.32. The van der Waals surface area contributed by atoms with Crippen LogP contribution < -0.4 is 0 Å². The Labute approximate surface area is 85.8 Å². The summed E-state index contributed by atoms with van der Waals surface area (Å²) in [6.07, 6.45) is 1.23. The summed E-state index contributed by atoms with van der Waals surface area (Å²) in [6, 6.07) is 0. The molecule has 0 spiro atoms. The van der Waals surface area contributed by atoms with Gasteiger partial charge in [0.15, 0.2) is 0 Å². The molecule has 1 aliphatic heterocycles. The van der Waals surface area contributed by atoms with Gasteiger partial charge in [-0.05, 0) is 20.5 Å². The second-order valence-corrected chi connectivity index (χ2v) is 4.05. The lowest BCUT2D eigenvalue weighted by atomic mass is 10.3. The fraction of sp³-hybridized carbons (Fsp3) is 0.900. The molecule has 0 aliphatic carbocycles. The molecular weight excluding hydrogens is 180 g/mol. The molecule has 4 heteroatoms. The van der Waals surface area contributed by atoms with E-state index in [9.17, 15) is 4.79 Å². The number of rotatable bonds is 4. The second kappa shape index (κ2) is 5.32. The third-order valence-electron chi connectivity index (χ3n) is 2.48. The molecule has 1 amide bonds. The molecule has 1 unspecified atom stereocenters. The standard InChI is InChI=1S/C10H20N2O2/c1-9(13)12-5-4-10(8-12)14-7-6-11(2)3/h10H,4-8H2,1-3H3. The predicted octanol–water partition coefficient (Wildman–Crippen LogP) is 0.185. The van der Waals surface area contributed by atoms with Gasteiger partial charge in [0.2, 0.25) is 5.91 Å². The molecular formula is C10H20N2O2. The van der Waals surface area contributed by atoms with E-state index < -0.39 is 0 Å². The van der Waals surface area contributed by atoms with Crippen molar-refractivity contribution >= 4 is 5.91 Å². The highest BCUT2D eigenvalue weighted by atomic mass is 16.5. The van der Waals surface area contributed by atoms with E-state index in [1.165, 1.54) is 0 Å². The van der Waals surface area contributed by atoms with E-state index in [2.05, 4.69) is 4.90 Å². The number of hydrogen-bond donors (Lipinski definition) is 0. The largest absolute Gasteiger partial charge is 0.375 e. The number of amides is 1. The molecule has 1 heterocycles. The van der Waals surface area contributed by atoms with Gasteiger partial charge in [0, 0.05) is 26.6 Å². The fourth-order valence-corrected chi connectivity index (χ4v) is 1.55. The van der Waals surface area contributed by atoms with Gasteiger partial charge in [-0.15, -0.1) is 0 Å². The summed E-state index contributed by atoms with van der Waals surface area (Å²) in [5, 5.41) is 0. The van der Waals surface area contributed by atoms with Crippen LogP contribution in [0.1, 0.15) is 13.3 Å². The first-order chi connectivity index (χ1) is 6.59. The zero-order chi connectivity index (χ0) is 10.6. The number of likely N-dealkylation sites (N-methyl/N-ethyl adjacent to an activating group) is 1. The maximum atomic E-state index is 11.0. The predicted molar refractivity (Wildman–Crippen MR) is 55.2 cm³/mol. The van der Waals surface area contributed by atoms with Crippen LogP contribution in [0.25, 0.3) is 0 Å². The second-order valence-electron chi connectivity index (χ2n) is 4.05. The van der Waals surface area contributed by atoms with Crippen LogP contribution in [0.3, 0.4) is 0 Å². The molecule has 4 nitrogen and oxygen atoms in total. The average Bonchev–Trinajstić information content (AvgIpc) is 2.52. The molecule has 0 bridgehead atoms. The molecule has 1 fully saturated rings. The van der Waals surface area contributed by atoms with Crippen LogP contribution >= 0.6 is 0 Å². The van der Waals surface area contributed by atoms with Crippen molar-refractivity contribution in [2.75, 3.05) is 40.3 Å². The Hall–Kier alpha value is -0.610. The first-order valence-electron chi connectivity index (χ1n) is 5.11. The van der Waals surface area contributed by atoms with Gasteiger partial charge in [-0.3, -0.25) is 4.79 Å². The lowest BCUT2D eigenvalue weighted by molar-refractivity contribution is -0.128. The fourth-order valence-electron chi connectivity index (χ4n) is 1.55. The molecule has 1 atom stereocenters. The topological polar surface area (TPSA) is 32.8 Å². The van der Waals surface area contributed by atoms with Crippen molar-refractivity contribution in [2.45, 2.75) is 19.4 Å². The molecule has 0 aromatic rings. The third kappa shape index (κ3) is 3.64. The minimum Gasteiger partial charge on any atom is -0.375 e. The van der Waals surface area contributed by atoms with Crippen molar-refractivity contribution in [3.63, 3.8) is 0 Å². The van der Waals surface area contributed by atoms with E-state index in [0.717, 1.165) is 32.7 Å². The van der Waals surface area contributed by atoms with Crippen molar-refractivity contribution in [1.29, 1.82) is 0 Å². The first-order valence-corrected chi connectivity index (χ1v) is 5.11. The number of carbonyl (C=O) groups is 1. The van der Waals surface area contributed by atoms with Crippen LogP contribution in [0.2, 0.25) is 0 Å². The summed E-state index contributed by atoms with van der Waals surface area (Å²) in [7, 11) is 4.06. The monoisotopic (exact) mass is 200 g/mol. The smallest absolute Gasteiger partial charge is 0.219 e. The number of ether oxygens (including phenoxy) is 1. The van der Waals surface area contributed by atoms with Gasteiger partial charge in [-0.25, -0.2) is 0 Å². The Morgan fingerprint density at radius 3 is 2.79 bits per heavy atom. The summed E-state index contributed by atoms with van der Waals surface area (Å²) >= 11 is 0. The van der Waals surface area contributed by atoms with Gasteiger partial charge in [-0.2, -0.15) is 0 Å². The molecule has 1 rings (SSSR count). The lowest BCUT2D eigenvalue weighted by Gasteiger charge is -2.15. The first kappa shape index (κ1) is 11.5. The van der Waals surface area contributed by atoms with E-state index in [0.29, 0.717) is 0 Å². The zero-order valence-corrected chi connectivity index (χ0v) is 9.32. The molecule has 1 saturated heterocycles. The summed E-state index contributed by atoms with van der Waals surface area (Å²) in [4.78, 5) is 15.0. The van der Waals surface area contributed by atoms with Crippen molar-refractivity contribution < 1.29 is 9.53 Å². The Morgan fingerprint density at radius 2 is 2.29 bits per heavy atom. The maximum Gasteiger partial charge on any atom is 0.219 e. The van der Waals surface area contributed by atoms with E-state index in [1.54, 1.807) is 6.92 Å². The maximum absolute atomic E-state index is 11.0. The number of likely N-dealkylation sites (tertiary alicyclic amines) is 1. The minimum absolute atomic E-state index is 0.156. The molecule has 0 saturated carbocycles. The highest BCUT2D eigenvalue weighted by Crippen LogP contribution is 2.12. The number of hydrogen-bond acceptors (Lipinski definition) is 3. The van der Waals surface area contributed by atoms with Crippen LogP contribution in [-0.4, -0.2) is 62.1 Å². The molecule has 14 heavy (non-hydrogen) atoms. The van der Waals surface area contributed by atoms with Gasteiger partial charge in [0.05, 0.1) is 12.7 Å². The van der Waals surface area contributed by atoms with Crippen molar-refractivity contribution in [3.05, 3.63) is 0 Å². The normalized spacial score (nSPS) is 22.0. The highest BCUT2D eigenvalue weighted by Gasteiger charge is 2.24. The van der Waals surface area contributed by atoms with Gasteiger partial charge in [0.1, 0.15) is 0 Å². The minimum atomic E-state index is 0.156. The van der Waals surface area contributed by atoms with Crippen LogP contribution in [0.4, 0.5) is 0 Å². The molecule has 0 aromatic carbocycles. The highest BCUT2D eigenvalue weighted by molar-refractivity contribution is 5.73. The number of carbonyl (C=O) groups excluding carboxylic acids is 1. The van der Waals surface area contributed by atoms with Gasteiger partial charge in [0.25, 0.3) is 0 Å². The quantitative estimate of drug-likeness (QED) is 0.649. The summed E-state index contributed by atoms with van der Waals surface area (Å²) in [5.41, 5.74) is 0. The molecule has 0 aromatic heterocycles. The Kier molecular flexibility index (Phi) is 4.35. The van der Waals surface area contributed by atoms with Gasteiger partial charge >= 0.3 is 0 Å². The summed E-state index contributed by atoms with van der Waals surface area (Å²) in [5.74, 6) is 0.156. The van der Waals surface area contributed by atoms with E-state index >= 15 is 0 Å².